The Bertz CT molecular complexity index is 315. The molecular formula is C7H5ClO4. The number of halogens is 1. The first kappa shape index (κ1) is 8.80. The number of carbonyl (C=O) groups excluding carboxylic acids is 2. The van der Waals surface area contributed by atoms with Crippen LogP contribution in [0.1, 0.15) is 20.9 Å². The summed E-state index contributed by atoms with van der Waals surface area (Å²) in [6.45, 7) is 0. The van der Waals surface area contributed by atoms with E-state index in [1.165, 1.54) is 13.2 Å². The van der Waals surface area contributed by atoms with Gasteiger partial charge in [-0.3, -0.25) is 4.79 Å². The fraction of sp³-hybridized carbons (Fsp3) is 0.143. The van der Waals surface area contributed by atoms with Crippen molar-refractivity contribution in [2.24, 2.45) is 0 Å². The summed E-state index contributed by atoms with van der Waals surface area (Å²) in [5, 5.41) is -0.135. The minimum atomic E-state index is -0.628. The molecule has 0 radical (unpaired) electrons. The first-order valence-corrected chi connectivity index (χ1v) is 3.39. The number of rotatable bonds is 2. The highest BCUT2D eigenvalue weighted by Gasteiger charge is 2.16. The van der Waals surface area contributed by atoms with E-state index in [1.807, 2.05) is 0 Å². The smallest absolute Gasteiger partial charge is 0.342 e. The van der Waals surface area contributed by atoms with Gasteiger partial charge >= 0.3 is 5.97 Å². The van der Waals surface area contributed by atoms with Gasteiger partial charge in [-0.05, 0) is 11.6 Å². The molecule has 12 heavy (non-hydrogen) atoms. The fourth-order valence-electron chi connectivity index (χ4n) is 0.694. The molecule has 5 heteroatoms. The van der Waals surface area contributed by atoms with Crippen LogP contribution in [0.5, 0.6) is 0 Å². The zero-order valence-corrected chi connectivity index (χ0v) is 6.92. The van der Waals surface area contributed by atoms with Crippen molar-refractivity contribution in [3.63, 3.8) is 0 Å². The lowest BCUT2D eigenvalue weighted by atomic mass is 10.3. The van der Waals surface area contributed by atoms with Crippen LogP contribution in [0.3, 0.4) is 0 Å². The number of ether oxygens (including phenoxy) is 1. The summed E-state index contributed by atoms with van der Waals surface area (Å²) in [4.78, 5) is 21.1. The van der Waals surface area contributed by atoms with Crippen molar-refractivity contribution >= 4 is 23.9 Å². The second kappa shape index (κ2) is 3.40. The van der Waals surface area contributed by atoms with Crippen molar-refractivity contribution < 1.29 is 18.7 Å². The predicted octanol–water partition coefficient (Wildman–Crippen LogP) is 1.53. The third kappa shape index (κ3) is 1.48. The maximum Gasteiger partial charge on any atom is 0.342 e. The normalized spacial score (nSPS) is 9.50. The molecule has 0 aliphatic carbocycles. The number of hydrogen-bond acceptors (Lipinski definition) is 4. The van der Waals surface area contributed by atoms with Crippen molar-refractivity contribution in [2.75, 3.05) is 7.11 Å². The molecule has 0 aliphatic heterocycles. The SMILES string of the molecule is COC(=O)c1cc(C=O)oc1Cl. The van der Waals surface area contributed by atoms with Gasteiger partial charge in [0, 0.05) is 6.07 Å². The van der Waals surface area contributed by atoms with Crippen molar-refractivity contribution in [2.45, 2.75) is 0 Å². The van der Waals surface area contributed by atoms with Crippen LogP contribution in [-0.4, -0.2) is 19.4 Å². The maximum absolute atomic E-state index is 10.9. The Hall–Kier alpha value is -1.29. The number of esters is 1. The molecule has 1 rings (SSSR count). The van der Waals surface area contributed by atoms with Gasteiger partial charge in [-0.25, -0.2) is 4.79 Å². The van der Waals surface area contributed by atoms with Crippen LogP contribution in [0.15, 0.2) is 10.5 Å². The number of methoxy groups -OCH3 is 1. The minimum absolute atomic E-state index is 0.000370. The molecule has 1 aromatic heterocycles. The monoisotopic (exact) mass is 188 g/mol. The molecule has 0 spiro atoms. The van der Waals surface area contributed by atoms with E-state index in [0.29, 0.717) is 6.29 Å². The Labute approximate surface area is 73.1 Å². The average molecular weight is 189 g/mol. The van der Waals surface area contributed by atoms with Crippen LogP contribution in [0.25, 0.3) is 0 Å². The van der Waals surface area contributed by atoms with Gasteiger partial charge in [0.25, 0.3) is 0 Å². The molecule has 0 bridgehead atoms. The second-order valence-corrected chi connectivity index (χ2v) is 2.29. The number of aldehydes is 1. The minimum Gasteiger partial charge on any atom is -0.465 e. The Morgan fingerprint density at radius 1 is 1.75 bits per heavy atom. The van der Waals surface area contributed by atoms with Crippen molar-refractivity contribution in [3.8, 4) is 0 Å². The zero-order valence-electron chi connectivity index (χ0n) is 6.17. The van der Waals surface area contributed by atoms with Gasteiger partial charge in [0.2, 0.25) is 5.22 Å². The van der Waals surface area contributed by atoms with E-state index < -0.39 is 5.97 Å². The lowest BCUT2D eigenvalue weighted by Crippen LogP contribution is -1.99. The number of carbonyl (C=O) groups is 2. The molecule has 0 saturated carbocycles. The lowest BCUT2D eigenvalue weighted by Gasteiger charge is -1.92. The molecule has 1 heterocycles. The molecule has 0 saturated heterocycles. The number of hydrogen-bond donors (Lipinski definition) is 0. The molecule has 0 unspecified atom stereocenters. The van der Waals surface area contributed by atoms with Crippen LogP contribution in [0.2, 0.25) is 5.22 Å². The van der Waals surface area contributed by atoms with Crippen molar-refractivity contribution in [3.05, 3.63) is 22.6 Å². The summed E-state index contributed by atoms with van der Waals surface area (Å²) in [7, 11) is 1.21. The van der Waals surface area contributed by atoms with Gasteiger partial charge in [-0.1, -0.05) is 0 Å². The van der Waals surface area contributed by atoms with E-state index in [1.54, 1.807) is 0 Å². The summed E-state index contributed by atoms with van der Waals surface area (Å²) in [6, 6.07) is 1.22. The summed E-state index contributed by atoms with van der Waals surface area (Å²) in [6.07, 6.45) is 0.457. The molecule has 0 aromatic carbocycles. The predicted molar refractivity (Wildman–Crippen MR) is 40.4 cm³/mol. The summed E-state index contributed by atoms with van der Waals surface area (Å²) in [5.41, 5.74) is 0.0567. The van der Waals surface area contributed by atoms with Gasteiger partial charge in [-0.15, -0.1) is 0 Å². The summed E-state index contributed by atoms with van der Waals surface area (Å²) < 4.78 is 9.06. The highest BCUT2D eigenvalue weighted by atomic mass is 35.5. The topological polar surface area (TPSA) is 56.5 Å². The van der Waals surface area contributed by atoms with E-state index in [2.05, 4.69) is 9.15 Å². The molecular weight excluding hydrogens is 184 g/mol. The molecule has 0 fully saturated rings. The van der Waals surface area contributed by atoms with Crippen LogP contribution >= 0.6 is 11.6 Å². The van der Waals surface area contributed by atoms with Gasteiger partial charge < -0.3 is 9.15 Å². The average Bonchev–Trinajstić information content (AvgIpc) is 2.45. The van der Waals surface area contributed by atoms with Crippen LogP contribution < -0.4 is 0 Å². The standard InChI is InChI=1S/C7H5ClO4/c1-11-7(10)5-2-4(3-9)12-6(5)8/h2-3H,1H3. The maximum atomic E-state index is 10.9. The molecule has 0 atom stereocenters. The Kier molecular flexibility index (Phi) is 2.50. The van der Waals surface area contributed by atoms with E-state index >= 15 is 0 Å². The van der Waals surface area contributed by atoms with Gasteiger partial charge in [0.1, 0.15) is 5.56 Å². The first-order chi connectivity index (χ1) is 5.69. The lowest BCUT2D eigenvalue weighted by molar-refractivity contribution is 0.0600. The zero-order chi connectivity index (χ0) is 9.14. The largest absolute Gasteiger partial charge is 0.465 e. The molecule has 64 valence electrons. The molecule has 0 amide bonds. The van der Waals surface area contributed by atoms with E-state index in [4.69, 9.17) is 11.6 Å². The Morgan fingerprint density at radius 3 is 2.83 bits per heavy atom. The van der Waals surface area contributed by atoms with Crippen LogP contribution in [0, 0.1) is 0 Å². The van der Waals surface area contributed by atoms with Gasteiger partial charge in [0.15, 0.2) is 12.0 Å². The highest BCUT2D eigenvalue weighted by Crippen LogP contribution is 2.20. The third-order valence-electron chi connectivity index (χ3n) is 1.23. The van der Waals surface area contributed by atoms with Crippen LogP contribution in [-0.2, 0) is 4.74 Å². The third-order valence-corrected chi connectivity index (χ3v) is 1.51. The van der Waals surface area contributed by atoms with Crippen LogP contribution in [0.4, 0.5) is 0 Å². The van der Waals surface area contributed by atoms with Crippen molar-refractivity contribution in [1.82, 2.24) is 0 Å². The molecule has 0 aliphatic rings. The van der Waals surface area contributed by atoms with Gasteiger partial charge in [0.05, 0.1) is 7.11 Å². The van der Waals surface area contributed by atoms with E-state index in [0.717, 1.165) is 0 Å². The van der Waals surface area contributed by atoms with E-state index in [9.17, 15) is 9.59 Å². The highest BCUT2D eigenvalue weighted by molar-refractivity contribution is 6.32. The first-order valence-electron chi connectivity index (χ1n) is 3.02. The van der Waals surface area contributed by atoms with Crippen molar-refractivity contribution in [1.29, 1.82) is 0 Å². The Balaban J connectivity index is 3.07. The van der Waals surface area contributed by atoms with Gasteiger partial charge in [-0.2, -0.15) is 0 Å². The fourth-order valence-corrected chi connectivity index (χ4v) is 0.915. The molecule has 4 nitrogen and oxygen atoms in total. The quantitative estimate of drug-likeness (QED) is 0.522. The molecule has 1 aromatic rings. The Morgan fingerprint density at radius 2 is 2.42 bits per heavy atom. The molecule has 0 N–H and O–H groups in total. The summed E-state index contributed by atoms with van der Waals surface area (Å²) >= 11 is 5.47. The number of furan rings is 1. The second-order valence-electron chi connectivity index (χ2n) is 1.95. The summed E-state index contributed by atoms with van der Waals surface area (Å²) in [5.74, 6) is -0.628. The van der Waals surface area contributed by atoms with E-state index in [-0.39, 0.29) is 16.5 Å².